The van der Waals surface area contributed by atoms with Crippen molar-refractivity contribution in [1.82, 2.24) is 0 Å². The molecule has 0 aromatic rings. The predicted molar refractivity (Wildman–Crippen MR) is 277 cm³/mol. The normalized spacial score (nSPS) is 40.9. The maximum Gasteiger partial charge on any atom is 0.312 e. The van der Waals surface area contributed by atoms with Crippen LogP contribution in [-0.2, 0) is 28.6 Å². The molecule has 9 aliphatic carbocycles. The molecule has 0 bridgehead atoms. The van der Waals surface area contributed by atoms with E-state index < -0.39 is 22.3 Å². The van der Waals surface area contributed by atoms with Gasteiger partial charge < -0.3 is 14.2 Å². The molecule has 0 N–H and O–H groups in total. The molecule has 6 saturated carbocycles. The molecule has 9 rings (SSSR count). The number of rotatable bonds is 11. The lowest BCUT2D eigenvalue weighted by molar-refractivity contribution is -0.193. The van der Waals surface area contributed by atoms with Crippen molar-refractivity contribution in [1.29, 1.82) is 0 Å². The molecule has 12 atom stereocenters. The van der Waals surface area contributed by atoms with Gasteiger partial charge in [-0.05, 0) is 203 Å². The molecular formula is C63H92O6. The van der Waals surface area contributed by atoms with Gasteiger partial charge in [-0.15, -0.1) is 0 Å². The van der Waals surface area contributed by atoms with Crippen LogP contribution in [0.3, 0.4) is 0 Å². The molecule has 0 aromatic carbocycles. The summed E-state index contributed by atoms with van der Waals surface area (Å²) in [5.74, 6) is 2.79. The molecule has 0 heterocycles. The monoisotopic (exact) mass is 945 g/mol. The zero-order chi connectivity index (χ0) is 49.5. The van der Waals surface area contributed by atoms with E-state index in [0.29, 0.717) is 35.5 Å². The Labute approximate surface area is 418 Å². The zero-order valence-electron chi connectivity index (χ0n) is 45.3. The van der Waals surface area contributed by atoms with Crippen molar-refractivity contribution in [2.75, 3.05) is 13.2 Å². The lowest BCUT2D eigenvalue weighted by Crippen LogP contribution is -2.55. The number of hydrogen-bond donors (Lipinski definition) is 0. The number of ether oxygens (including phenoxy) is 3. The summed E-state index contributed by atoms with van der Waals surface area (Å²) in [6.45, 7) is 27.3. The highest BCUT2D eigenvalue weighted by molar-refractivity contribution is 5.79. The SMILES string of the molecule is CC(C)C1=CCC2C(=C1)CCC1[C@]2(C)CCC[C@]1(C)C(=O)OCC(COC(=O)[C@@]1(C)CCC[C@]2(C)C3CC=C(C(C)C)C=C3CCC21)OC(=O)[C@@]1(C)CCC[C@]2(C)C3CC=C(C(C)C)C=C3CCC21. The molecule has 6 fully saturated rings. The Morgan fingerprint density at radius 3 is 1.09 bits per heavy atom. The number of carbonyl (C=O) groups excluding carboxylic acids is 3. The lowest BCUT2D eigenvalue weighted by atomic mass is 9.46. The number of allylic oxidation sites excluding steroid dienone is 12. The Kier molecular flexibility index (Phi) is 13.8. The number of hydrogen-bond acceptors (Lipinski definition) is 6. The smallest absolute Gasteiger partial charge is 0.312 e. The average Bonchev–Trinajstić information content (AvgIpc) is 3.31. The second kappa shape index (κ2) is 18.7. The van der Waals surface area contributed by atoms with Gasteiger partial charge in [0, 0.05) is 0 Å². The third-order valence-electron chi connectivity index (χ3n) is 22.1. The van der Waals surface area contributed by atoms with E-state index in [-0.39, 0.29) is 65.1 Å². The van der Waals surface area contributed by atoms with E-state index in [2.05, 4.69) is 120 Å². The standard InChI is InChI=1S/C63H92O6/c1-39(2)42-16-22-49-45(34-42)19-25-52-58(49,7)28-13-31-61(52,10)55(64)67-37-48(69-57(66)63(12)33-15-30-60(9)51-24-18-44(41(5)6)36-47(51)21-27-54(60)63)38-68-56(65)62(11)32-14-29-59(8)50-23-17-43(40(3)4)35-46(50)20-26-53(59)62/h16-18,34-36,39-41,48-54H,13-15,19-33,37-38H2,1-12H3/t48?,49?,50?,51?,52?,53?,54?,58-,59-,60-,61+,62+,63+/m1/s1. The molecule has 6 unspecified atom stereocenters. The molecule has 6 nitrogen and oxygen atoms in total. The predicted octanol–water partition coefficient (Wildman–Crippen LogP) is 15.4. The van der Waals surface area contributed by atoms with Crippen LogP contribution in [0.4, 0.5) is 0 Å². The van der Waals surface area contributed by atoms with Crippen LogP contribution >= 0.6 is 0 Å². The molecular weight excluding hydrogens is 853 g/mol. The van der Waals surface area contributed by atoms with Gasteiger partial charge in [0.2, 0.25) is 0 Å². The maximum atomic E-state index is 15.2. The summed E-state index contributed by atoms with van der Waals surface area (Å²) in [6, 6.07) is 0. The van der Waals surface area contributed by atoms with Gasteiger partial charge in [0.1, 0.15) is 13.2 Å². The van der Waals surface area contributed by atoms with Gasteiger partial charge in [-0.25, -0.2) is 0 Å². The summed E-state index contributed by atoms with van der Waals surface area (Å²) >= 11 is 0. The van der Waals surface area contributed by atoms with Crippen LogP contribution < -0.4 is 0 Å². The number of fused-ring (bicyclic) bond motifs is 9. The van der Waals surface area contributed by atoms with E-state index in [9.17, 15) is 9.59 Å². The Balaban J connectivity index is 0.947. The van der Waals surface area contributed by atoms with Crippen molar-refractivity contribution in [3.8, 4) is 0 Å². The number of esters is 3. The first kappa shape index (κ1) is 50.8. The Hall–Kier alpha value is -3.15. The molecule has 380 valence electrons. The van der Waals surface area contributed by atoms with Gasteiger partial charge in [0.25, 0.3) is 0 Å². The van der Waals surface area contributed by atoms with Crippen molar-refractivity contribution < 1.29 is 28.6 Å². The van der Waals surface area contributed by atoms with Gasteiger partial charge in [-0.3, -0.25) is 14.4 Å². The first-order chi connectivity index (χ1) is 32.6. The highest BCUT2D eigenvalue weighted by Crippen LogP contribution is 2.66. The minimum atomic E-state index is -0.893. The molecule has 0 radical (unpaired) electrons. The molecule has 0 saturated heterocycles. The third-order valence-corrected chi connectivity index (χ3v) is 22.1. The molecule has 69 heavy (non-hydrogen) atoms. The van der Waals surface area contributed by atoms with Gasteiger partial charge in [0.15, 0.2) is 6.10 Å². The summed E-state index contributed by atoms with van der Waals surface area (Å²) in [6.07, 6.45) is 31.6. The van der Waals surface area contributed by atoms with Crippen LogP contribution in [0.1, 0.15) is 199 Å². The van der Waals surface area contributed by atoms with E-state index in [1.165, 1.54) is 16.7 Å². The van der Waals surface area contributed by atoms with E-state index in [4.69, 9.17) is 14.2 Å². The summed E-state index contributed by atoms with van der Waals surface area (Å²) < 4.78 is 19.7. The summed E-state index contributed by atoms with van der Waals surface area (Å²) in [5, 5.41) is 0. The summed E-state index contributed by atoms with van der Waals surface area (Å²) in [7, 11) is 0. The molecule has 9 aliphatic rings. The summed E-state index contributed by atoms with van der Waals surface area (Å²) in [5.41, 5.74) is 7.01. The van der Waals surface area contributed by atoms with Crippen LogP contribution in [-0.4, -0.2) is 37.2 Å². The first-order valence-electron chi connectivity index (χ1n) is 28.4. The zero-order valence-corrected chi connectivity index (χ0v) is 45.3. The minimum absolute atomic E-state index is 0.00249. The van der Waals surface area contributed by atoms with Gasteiger partial charge in [0.05, 0.1) is 16.2 Å². The molecule has 0 aromatic heterocycles. The molecule has 0 amide bonds. The molecule has 0 spiro atoms. The van der Waals surface area contributed by atoms with Crippen molar-refractivity contribution in [3.63, 3.8) is 0 Å². The van der Waals surface area contributed by atoms with Gasteiger partial charge in [-0.1, -0.05) is 135 Å². The fraction of sp³-hybridized carbons (Fsp3) is 0.762. The fourth-order valence-electron chi connectivity index (χ4n) is 18.0. The van der Waals surface area contributed by atoms with Crippen LogP contribution in [0.15, 0.2) is 69.9 Å². The Morgan fingerprint density at radius 2 is 0.783 bits per heavy atom. The Bertz CT molecular complexity index is 2130. The third kappa shape index (κ3) is 8.57. The van der Waals surface area contributed by atoms with E-state index in [1.807, 2.05) is 0 Å². The molecule has 0 aliphatic heterocycles. The lowest BCUT2D eigenvalue weighted by Gasteiger charge is -2.58. The van der Waals surface area contributed by atoms with Gasteiger partial charge >= 0.3 is 17.9 Å². The highest BCUT2D eigenvalue weighted by atomic mass is 16.6. The maximum absolute atomic E-state index is 15.2. The molecule has 6 heteroatoms. The van der Waals surface area contributed by atoms with E-state index in [0.717, 1.165) is 116 Å². The Morgan fingerprint density at radius 1 is 0.478 bits per heavy atom. The topological polar surface area (TPSA) is 78.9 Å². The summed E-state index contributed by atoms with van der Waals surface area (Å²) in [4.78, 5) is 44.9. The minimum Gasteiger partial charge on any atom is -0.461 e. The number of carbonyl (C=O) groups is 3. The van der Waals surface area contributed by atoms with Crippen molar-refractivity contribution in [2.24, 2.45) is 85.8 Å². The van der Waals surface area contributed by atoms with Crippen molar-refractivity contribution in [2.45, 2.75) is 205 Å². The second-order valence-corrected chi connectivity index (χ2v) is 26.9. The quantitative estimate of drug-likeness (QED) is 0.152. The second-order valence-electron chi connectivity index (χ2n) is 26.9. The van der Waals surface area contributed by atoms with E-state index >= 15 is 4.79 Å². The first-order valence-corrected chi connectivity index (χ1v) is 28.4. The van der Waals surface area contributed by atoms with Crippen molar-refractivity contribution >= 4 is 17.9 Å². The average molecular weight is 945 g/mol. The van der Waals surface area contributed by atoms with Crippen LogP contribution in [0.5, 0.6) is 0 Å². The van der Waals surface area contributed by atoms with Gasteiger partial charge in [-0.2, -0.15) is 0 Å². The van der Waals surface area contributed by atoms with E-state index in [1.54, 1.807) is 16.7 Å². The van der Waals surface area contributed by atoms with Crippen LogP contribution in [0.25, 0.3) is 0 Å². The van der Waals surface area contributed by atoms with Crippen LogP contribution in [0.2, 0.25) is 0 Å². The largest absolute Gasteiger partial charge is 0.461 e. The fourth-order valence-corrected chi connectivity index (χ4v) is 18.0. The van der Waals surface area contributed by atoms with Crippen LogP contribution in [0, 0.1) is 85.8 Å². The highest BCUT2D eigenvalue weighted by Gasteiger charge is 2.62. The van der Waals surface area contributed by atoms with Crippen molar-refractivity contribution in [3.05, 3.63) is 69.9 Å².